The van der Waals surface area contributed by atoms with E-state index in [0.717, 1.165) is 11.3 Å². The van der Waals surface area contributed by atoms with Crippen LogP contribution in [0.15, 0.2) is 24.3 Å². The lowest BCUT2D eigenvalue weighted by Gasteiger charge is -2.05. The predicted molar refractivity (Wildman–Crippen MR) is 50.0 cm³/mol. The maximum atomic E-state index is 10.6. The summed E-state index contributed by atoms with van der Waals surface area (Å²) in [4.78, 5) is 0. The van der Waals surface area contributed by atoms with Crippen LogP contribution >= 0.6 is 0 Å². The van der Waals surface area contributed by atoms with Crippen LogP contribution in [0, 0.1) is 6.92 Å². The first kappa shape index (κ1) is 9.22. The average Bonchev–Trinajstić information content (AvgIpc) is 2.03. The van der Waals surface area contributed by atoms with Crippen LogP contribution in [0.3, 0.4) is 0 Å². The van der Waals surface area contributed by atoms with Crippen molar-refractivity contribution in [3.63, 3.8) is 0 Å². The highest BCUT2D eigenvalue weighted by Gasteiger charge is 1.96. The summed E-state index contributed by atoms with van der Waals surface area (Å²) in [6.45, 7) is 1.95. The Morgan fingerprint density at radius 3 is 2.67 bits per heavy atom. The van der Waals surface area contributed by atoms with Gasteiger partial charge in [-0.3, -0.25) is 5.48 Å². The van der Waals surface area contributed by atoms with Crippen molar-refractivity contribution < 1.29 is 8.49 Å². The highest BCUT2D eigenvalue weighted by atomic mass is 32.2. The number of nitrogens with one attached hydrogen (secondary N) is 1. The molecule has 0 aromatic heterocycles. The van der Waals surface area contributed by atoms with Gasteiger partial charge in [0.15, 0.2) is 11.1 Å². The highest BCUT2D eigenvalue weighted by molar-refractivity contribution is 7.79. The van der Waals surface area contributed by atoms with Crippen LogP contribution in [0.5, 0.6) is 0 Å². The van der Waals surface area contributed by atoms with Gasteiger partial charge in [0.2, 0.25) is 0 Å². The number of anilines is 1. The summed E-state index contributed by atoms with van der Waals surface area (Å²) in [6.07, 6.45) is 1.46. The molecule has 0 aliphatic heterocycles. The molecule has 1 unspecified atom stereocenters. The molecule has 0 aliphatic carbocycles. The molecular formula is C8H11NO2S. The summed E-state index contributed by atoms with van der Waals surface area (Å²) in [5.41, 5.74) is 4.51. The zero-order valence-corrected chi connectivity index (χ0v) is 7.85. The number of para-hydroxylation sites is 1. The van der Waals surface area contributed by atoms with E-state index in [9.17, 15) is 4.21 Å². The summed E-state index contributed by atoms with van der Waals surface area (Å²) in [7, 11) is 0. The van der Waals surface area contributed by atoms with Crippen LogP contribution in [0.1, 0.15) is 5.56 Å². The van der Waals surface area contributed by atoms with Crippen LogP contribution in [0.2, 0.25) is 0 Å². The lowest BCUT2D eigenvalue weighted by molar-refractivity contribution is 0.440. The third kappa shape index (κ3) is 2.64. The summed E-state index contributed by atoms with van der Waals surface area (Å²) in [5, 5.41) is 0. The minimum absolute atomic E-state index is 0.840. The molecule has 4 heteroatoms. The summed E-state index contributed by atoms with van der Waals surface area (Å²) in [6, 6.07) is 7.63. The normalized spacial score (nSPS) is 12.5. The molecule has 0 amide bonds. The van der Waals surface area contributed by atoms with E-state index >= 15 is 0 Å². The molecule has 1 atom stereocenters. The van der Waals surface area contributed by atoms with Crippen LogP contribution in [-0.4, -0.2) is 10.5 Å². The quantitative estimate of drug-likeness (QED) is 0.727. The Bertz CT molecular complexity index is 288. The lowest BCUT2D eigenvalue weighted by Crippen LogP contribution is -2.03. The van der Waals surface area contributed by atoms with E-state index in [1.807, 2.05) is 31.2 Å². The van der Waals surface area contributed by atoms with Gasteiger partial charge >= 0.3 is 0 Å². The zero-order valence-electron chi connectivity index (χ0n) is 7.03. The van der Waals surface area contributed by atoms with E-state index < -0.39 is 11.1 Å². The third-order valence-electron chi connectivity index (χ3n) is 1.41. The van der Waals surface area contributed by atoms with Crippen molar-refractivity contribution in [3.8, 4) is 0 Å². The van der Waals surface area contributed by atoms with Gasteiger partial charge in [0, 0.05) is 6.26 Å². The van der Waals surface area contributed by atoms with Gasteiger partial charge in [-0.25, -0.2) is 4.21 Å². The van der Waals surface area contributed by atoms with Crippen LogP contribution in [-0.2, 0) is 15.4 Å². The largest absolute Gasteiger partial charge is 0.251 e. The van der Waals surface area contributed by atoms with Crippen LogP contribution in [0.25, 0.3) is 0 Å². The first-order valence-electron chi connectivity index (χ1n) is 3.52. The molecule has 12 heavy (non-hydrogen) atoms. The Morgan fingerprint density at radius 1 is 1.42 bits per heavy atom. The standard InChI is InChI=1S/C8H11NO2S/c1-7-5-3-4-6-8(7)9-11-12(2)10/h3-6,9H,1-2H3. The topological polar surface area (TPSA) is 38.3 Å². The van der Waals surface area contributed by atoms with Crippen molar-refractivity contribution in [1.29, 1.82) is 0 Å². The van der Waals surface area contributed by atoms with Gasteiger partial charge in [0.25, 0.3) is 0 Å². The number of hydrogen-bond donors (Lipinski definition) is 1. The number of aryl methyl sites for hydroxylation is 1. The molecule has 0 saturated carbocycles. The Kier molecular flexibility index (Phi) is 3.25. The van der Waals surface area contributed by atoms with Gasteiger partial charge < -0.3 is 0 Å². The molecule has 66 valence electrons. The van der Waals surface area contributed by atoms with Gasteiger partial charge in [0.1, 0.15) is 0 Å². The second-order valence-corrected chi connectivity index (χ2v) is 3.37. The molecule has 0 saturated heterocycles. The molecule has 0 fully saturated rings. The minimum atomic E-state index is -1.29. The molecule has 1 aromatic carbocycles. The number of benzene rings is 1. The second kappa shape index (κ2) is 4.23. The maximum absolute atomic E-state index is 10.6. The van der Waals surface area contributed by atoms with Crippen molar-refractivity contribution in [2.24, 2.45) is 0 Å². The average molecular weight is 185 g/mol. The Morgan fingerprint density at radius 2 is 2.08 bits per heavy atom. The molecular weight excluding hydrogens is 174 g/mol. The molecule has 0 aliphatic rings. The second-order valence-electron chi connectivity index (χ2n) is 2.40. The maximum Gasteiger partial charge on any atom is 0.176 e. The predicted octanol–water partition coefficient (Wildman–Crippen LogP) is 1.63. The monoisotopic (exact) mass is 185 g/mol. The molecule has 0 spiro atoms. The molecule has 0 heterocycles. The van der Waals surface area contributed by atoms with Gasteiger partial charge in [0.05, 0.1) is 5.69 Å². The van der Waals surface area contributed by atoms with E-state index in [1.54, 1.807) is 0 Å². The van der Waals surface area contributed by atoms with Gasteiger partial charge in [-0.15, -0.1) is 0 Å². The first-order chi connectivity index (χ1) is 5.70. The summed E-state index contributed by atoms with van der Waals surface area (Å²) in [5.74, 6) is 0. The zero-order chi connectivity index (χ0) is 8.97. The van der Waals surface area contributed by atoms with Gasteiger partial charge in [-0.05, 0) is 18.6 Å². The first-order valence-corrected chi connectivity index (χ1v) is 5.01. The van der Waals surface area contributed by atoms with Gasteiger partial charge in [-0.2, -0.15) is 4.28 Å². The van der Waals surface area contributed by atoms with Crippen molar-refractivity contribution in [2.75, 3.05) is 11.7 Å². The fraction of sp³-hybridized carbons (Fsp3) is 0.250. The highest BCUT2D eigenvalue weighted by Crippen LogP contribution is 2.12. The fourth-order valence-corrected chi connectivity index (χ4v) is 0.998. The van der Waals surface area contributed by atoms with Crippen molar-refractivity contribution in [3.05, 3.63) is 29.8 Å². The van der Waals surface area contributed by atoms with E-state index in [4.69, 9.17) is 4.28 Å². The van der Waals surface area contributed by atoms with E-state index in [-0.39, 0.29) is 0 Å². The molecule has 1 N–H and O–H groups in total. The Labute approximate surface area is 74.4 Å². The summed E-state index contributed by atoms with van der Waals surface area (Å²) < 4.78 is 15.3. The van der Waals surface area contributed by atoms with Crippen LogP contribution < -0.4 is 5.48 Å². The Hall–Kier alpha value is -0.870. The minimum Gasteiger partial charge on any atom is -0.251 e. The number of hydrogen-bond acceptors (Lipinski definition) is 3. The Balaban J connectivity index is 2.63. The molecule has 0 radical (unpaired) electrons. The molecule has 0 bridgehead atoms. The molecule has 1 rings (SSSR count). The van der Waals surface area contributed by atoms with Crippen LogP contribution in [0.4, 0.5) is 5.69 Å². The van der Waals surface area contributed by atoms with Gasteiger partial charge in [-0.1, -0.05) is 18.2 Å². The molecule has 3 nitrogen and oxygen atoms in total. The van der Waals surface area contributed by atoms with Crippen molar-refractivity contribution in [1.82, 2.24) is 0 Å². The third-order valence-corrected chi connectivity index (χ3v) is 1.73. The smallest absolute Gasteiger partial charge is 0.176 e. The van der Waals surface area contributed by atoms with Crippen molar-refractivity contribution in [2.45, 2.75) is 6.92 Å². The number of rotatable bonds is 3. The SMILES string of the molecule is Cc1ccccc1NOS(C)=O. The van der Waals surface area contributed by atoms with E-state index in [0.29, 0.717) is 0 Å². The van der Waals surface area contributed by atoms with E-state index in [1.165, 1.54) is 6.26 Å². The summed E-state index contributed by atoms with van der Waals surface area (Å²) >= 11 is -1.29. The van der Waals surface area contributed by atoms with E-state index in [2.05, 4.69) is 5.48 Å². The fourth-order valence-electron chi connectivity index (χ4n) is 0.791. The molecule has 1 aromatic rings. The van der Waals surface area contributed by atoms with Crippen molar-refractivity contribution >= 4 is 16.8 Å². The lowest BCUT2D eigenvalue weighted by atomic mass is 10.2.